The highest BCUT2D eigenvalue weighted by atomic mass is 16.3. The van der Waals surface area contributed by atoms with Gasteiger partial charge in [-0.3, -0.25) is 4.79 Å². The maximum atomic E-state index is 13.2. The molecule has 0 aromatic heterocycles. The Hall–Kier alpha value is -3.73. The normalized spacial score (nSPS) is 13.5. The van der Waals surface area contributed by atoms with Crippen LogP contribution in [0.4, 0.5) is 0 Å². The van der Waals surface area contributed by atoms with E-state index >= 15 is 0 Å². The Morgan fingerprint density at radius 2 is 1.44 bits per heavy atom. The molecular weight excluding hydrogens is 444 g/mol. The Bertz CT molecular complexity index is 1300. The number of aliphatic hydroxyl groups excluding tert-OH is 1. The lowest BCUT2D eigenvalue weighted by molar-refractivity contribution is -0.122. The van der Waals surface area contributed by atoms with Crippen LogP contribution < -0.4 is 10.6 Å². The lowest BCUT2D eigenvalue weighted by Gasteiger charge is -2.25. The molecule has 0 aliphatic heterocycles. The summed E-state index contributed by atoms with van der Waals surface area (Å²) in [5.74, 6) is -0.0672. The summed E-state index contributed by atoms with van der Waals surface area (Å²) in [7, 11) is 0. The van der Waals surface area contributed by atoms with Crippen LogP contribution in [0.15, 0.2) is 103 Å². The van der Waals surface area contributed by atoms with E-state index in [0.717, 1.165) is 23.1 Å². The molecule has 36 heavy (non-hydrogen) atoms. The molecule has 0 spiro atoms. The van der Waals surface area contributed by atoms with Crippen molar-refractivity contribution in [3.8, 4) is 11.1 Å². The number of carbonyl (C=O) groups is 1. The monoisotopic (exact) mass is 476 g/mol. The highest BCUT2D eigenvalue weighted by molar-refractivity contribution is 5.83. The van der Waals surface area contributed by atoms with Gasteiger partial charge >= 0.3 is 0 Å². The number of rotatable bonds is 10. The van der Waals surface area contributed by atoms with Crippen LogP contribution in [0.5, 0.6) is 0 Å². The van der Waals surface area contributed by atoms with E-state index in [0.29, 0.717) is 25.9 Å². The summed E-state index contributed by atoms with van der Waals surface area (Å²) in [6.45, 7) is 1.06. The summed E-state index contributed by atoms with van der Waals surface area (Å²) in [6, 6.07) is 34.4. The zero-order valence-electron chi connectivity index (χ0n) is 20.4. The number of carbonyl (C=O) groups excluding carboxylic acids is 1. The molecule has 1 amide bonds. The topological polar surface area (TPSA) is 61.4 Å². The van der Waals surface area contributed by atoms with E-state index in [1.165, 1.54) is 22.3 Å². The Labute approximate surface area is 213 Å². The second kappa shape index (κ2) is 11.3. The van der Waals surface area contributed by atoms with Crippen molar-refractivity contribution in [2.45, 2.75) is 38.0 Å². The zero-order valence-corrected chi connectivity index (χ0v) is 20.4. The molecule has 4 nitrogen and oxygen atoms in total. The highest BCUT2D eigenvalue weighted by Crippen LogP contribution is 2.38. The Morgan fingerprint density at radius 3 is 2.22 bits per heavy atom. The molecule has 0 saturated heterocycles. The molecule has 0 saturated carbocycles. The van der Waals surface area contributed by atoms with E-state index in [2.05, 4.69) is 53.1 Å². The van der Waals surface area contributed by atoms with Crippen molar-refractivity contribution in [3.63, 3.8) is 0 Å². The first-order valence-corrected chi connectivity index (χ1v) is 12.6. The molecule has 4 heteroatoms. The molecule has 1 aliphatic rings. The van der Waals surface area contributed by atoms with Crippen molar-refractivity contribution < 1.29 is 9.90 Å². The average molecular weight is 477 g/mol. The van der Waals surface area contributed by atoms with E-state index in [4.69, 9.17) is 0 Å². The quantitative estimate of drug-likeness (QED) is 0.274. The molecule has 1 aliphatic carbocycles. The van der Waals surface area contributed by atoms with Gasteiger partial charge in [0.05, 0.1) is 18.6 Å². The minimum absolute atomic E-state index is 0.0672. The van der Waals surface area contributed by atoms with Crippen LogP contribution >= 0.6 is 0 Å². The SMILES string of the molecule is O=C(Cc1cccc2c1Cc1ccccc1-2)N[C@@H](Cc1ccccc1)[C@@H](O)CNCc1ccccc1. The van der Waals surface area contributed by atoms with Crippen molar-refractivity contribution in [2.75, 3.05) is 6.54 Å². The van der Waals surface area contributed by atoms with Crippen LogP contribution in [0.3, 0.4) is 0 Å². The van der Waals surface area contributed by atoms with Crippen molar-refractivity contribution >= 4 is 5.91 Å². The van der Waals surface area contributed by atoms with Gasteiger partial charge in [-0.1, -0.05) is 103 Å². The van der Waals surface area contributed by atoms with Gasteiger partial charge in [0.25, 0.3) is 0 Å². The van der Waals surface area contributed by atoms with E-state index in [-0.39, 0.29) is 5.91 Å². The molecular formula is C32H32N2O2. The van der Waals surface area contributed by atoms with E-state index in [9.17, 15) is 9.90 Å². The molecule has 4 aromatic carbocycles. The fourth-order valence-electron chi connectivity index (χ4n) is 5.07. The minimum Gasteiger partial charge on any atom is -0.390 e. The number of amides is 1. The van der Waals surface area contributed by atoms with Gasteiger partial charge in [-0.05, 0) is 51.8 Å². The van der Waals surface area contributed by atoms with Crippen molar-refractivity contribution in [1.82, 2.24) is 10.6 Å². The van der Waals surface area contributed by atoms with E-state index in [1.54, 1.807) is 0 Å². The van der Waals surface area contributed by atoms with Gasteiger partial charge in [0.2, 0.25) is 5.91 Å². The Balaban J connectivity index is 1.26. The summed E-state index contributed by atoms with van der Waals surface area (Å²) in [4.78, 5) is 13.2. The van der Waals surface area contributed by atoms with E-state index < -0.39 is 12.1 Å². The predicted molar refractivity (Wildman–Crippen MR) is 145 cm³/mol. The summed E-state index contributed by atoms with van der Waals surface area (Å²) >= 11 is 0. The fourth-order valence-corrected chi connectivity index (χ4v) is 5.07. The average Bonchev–Trinajstić information content (AvgIpc) is 3.29. The van der Waals surface area contributed by atoms with Crippen LogP contribution in [0.2, 0.25) is 0 Å². The summed E-state index contributed by atoms with van der Waals surface area (Å²) in [5, 5.41) is 17.5. The Morgan fingerprint density at radius 1 is 0.778 bits per heavy atom. The predicted octanol–water partition coefficient (Wildman–Crippen LogP) is 4.68. The van der Waals surface area contributed by atoms with Gasteiger partial charge in [-0.2, -0.15) is 0 Å². The zero-order chi connectivity index (χ0) is 24.7. The molecule has 3 N–H and O–H groups in total. The first-order valence-electron chi connectivity index (χ1n) is 12.6. The van der Waals surface area contributed by atoms with Gasteiger partial charge in [0.15, 0.2) is 0 Å². The minimum atomic E-state index is -0.719. The number of fused-ring (bicyclic) bond motifs is 3. The number of hydrogen-bond acceptors (Lipinski definition) is 3. The Kier molecular flexibility index (Phi) is 7.55. The van der Waals surface area contributed by atoms with Gasteiger partial charge in [0, 0.05) is 13.1 Å². The molecule has 182 valence electrons. The van der Waals surface area contributed by atoms with Crippen molar-refractivity contribution in [2.24, 2.45) is 0 Å². The van der Waals surface area contributed by atoms with Gasteiger partial charge in [0.1, 0.15) is 0 Å². The third kappa shape index (κ3) is 5.73. The van der Waals surface area contributed by atoms with E-state index in [1.807, 2.05) is 60.7 Å². The maximum absolute atomic E-state index is 13.2. The van der Waals surface area contributed by atoms with Crippen molar-refractivity contribution in [1.29, 1.82) is 0 Å². The number of aliphatic hydroxyl groups is 1. The molecule has 0 unspecified atom stereocenters. The third-order valence-corrected chi connectivity index (χ3v) is 6.93. The first-order chi connectivity index (χ1) is 17.7. The van der Waals surface area contributed by atoms with Crippen LogP contribution in [0.1, 0.15) is 27.8 Å². The van der Waals surface area contributed by atoms with Crippen molar-refractivity contribution in [3.05, 3.63) is 131 Å². The number of benzene rings is 4. The summed E-state index contributed by atoms with van der Waals surface area (Å²) in [6.07, 6.45) is 1.00. The fraction of sp³-hybridized carbons (Fsp3) is 0.219. The smallest absolute Gasteiger partial charge is 0.224 e. The van der Waals surface area contributed by atoms with Gasteiger partial charge < -0.3 is 15.7 Å². The summed E-state index contributed by atoms with van der Waals surface area (Å²) < 4.78 is 0. The standard InChI is InChI=1S/C32H32N2O2/c35-31(22-33-21-24-12-5-2-6-13-24)30(18-23-10-3-1-4-11-23)34-32(36)20-26-15-9-17-28-27-16-8-7-14-25(27)19-29(26)28/h1-17,30-31,33,35H,18-22H2,(H,34,36)/t30-,31-/m0/s1. The lowest BCUT2D eigenvalue weighted by atomic mass is 9.97. The molecule has 0 bridgehead atoms. The molecule has 0 heterocycles. The third-order valence-electron chi connectivity index (χ3n) is 6.93. The van der Waals surface area contributed by atoms with Gasteiger partial charge in [-0.25, -0.2) is 0 Å². The molecule has 5 rings (SSSR count). The highest BCUT2D eigenvalue weighted by Gasteiger charge is 2.24. The molecule has 0 radical (unpaired) electrons. The van der Waals surface area contributed by atoms with Crippen LogP contribution in [0.25, 0.3) is 11.1 Å². The first kappa shape index (κ1) is 24.0. The molecule has 4 aromatic rings. The van der Waals surface area contributed by atoms with Gasteiger partial charge in [-0.15, -0.1) is 0 Å². The largest absolute Gasteiger partial charge is 0.390 e. The lowest BCUT2D eigenvalue weighted by Crippen LogP contribution is -2.49. The number of hydrogen-bond donors (Lipinski definition) is 3. The maximum Gasteiger partial charge on any atom is 0.224 e. The number of nitrogens with one attached hydrogen (secondary N) is 2. The second-order valence-electron chi connectivity index (χ2n) is 9.50. The van der Waals surface area contributed by atoms with Crippen LogP contribution in [-0.4, -0.2) is 29.7 Å². The van der Waals surface area contributed by atoms with Crippen LogP contribution in [-0.2, 0) is 30.6 Å². The molecule has 0 fully saturated rings. The second-order valence-corrected chi connectivity index (χ2v) is 9.50. The molecule has 2 atom stereocenters. The summed E-state index contributed by atoms with van der Waals surface area (Å²) in [5.41, 5.74) is 8.32. The van der Waals surface area contributed by atoms with Crippen LogP contribution in [0, 0.1) is 0 Å².